The molecule has 3 aliphatic rings. The van der Waals surface area contributed by atoms with Crippen molar-refractivity contribution in [1.29, 1.82) is 0 Å². The SMILES string of the molecule is Cn1nc(C2CCC(=O)NC2=O)c2ccc(OCCN3CCN(CCCCOc4ccc([C@@H]5c6ccc(O)cc6CC[C@@H]5c5ccccc5)cc4)CC3)cc21. The maximum Gasteiger partial charge on any atom is 0.235 e. The third-order valence-corrected chi connectivity index (χ3v) is 11.8. The maximum absolute atomic E-state index is 12.5. The molecule has 8 rings (SSSR count). The number of aryl methyl sites for hydroxylation is 2. The van der Waals surface area contributed by atoms with Gasteiger partial charge in [0, 0.05) is 63.6 Å². The number of rotatable bonds is 13. The fourth-order valence-corrected chi connectivity index (χ4v) is 8.77. The summed E-state index contributed by atoms with van der Waals surface area (Å²) < 4.78 is 14.1. The van der Waals surface area contributed by atoms with Crippen LogP contribution >= 0.6 is 0 Å². The van der Waals surface area contributed by atoms with Crippen LogP contribution in [0.3, 0.4) is 0 Å². The largest absolute Gasteiger partial charge is 0.508 e. The number of hydrogen-bond acceptors (Lipinski definition) is 8. The van der Waals surface area contributed by atoms with Gasteiger partial charge < -0.3 is 19.5 Å². The zero-order valence-corrected chi connectivity index (χ0v) is 31.7. The van der Waals surface area contributed by atoms with E-state index < -0.39 is 5.92 Å². The van der Waals surface area contributed by atoms with Crippen molar-refractivity contribution in [3.05, 3.63) is 119 Å². The zero-order valence-electron chi connectivity index (χ0n) is 31.7. The van der Waals surface area contributed by atoms with Gasteiger partial charge in [-0.2, -0.15) is 5.10 Å². The third-order valence-electron chi connectivity index (χ3n) is 11.8. The molecular formula is C45H51N5O5. The van der Waals surface area contributed by atoms with Crippen LogP contribution in [0.25, 0.3) is 10.9 Å². The molecular weight excluding hydrogens is 691 g/mol. The Morgan fingerprint density at radius 3 is 2.29 bits per heavy atom. The van der Waals surface area contributed by atoms with Crippen LogP contribution in [0.5, 0.6) is 17.2 Å². The predicted octanol–water partition coefficient (Wildman–Crippen LogP) is 6.52. The number of nitrogens with one attached hydrogen (secondary N) is 1. The Labute approximate surface area is 323 Å². The van der Waals surface area contributed by atoms with Crippen LogP contribution in [-0.4, -0.2) is 89.0 Å². The van der Waals surface area contributed by atoms with E-state index >= 15 is 0 Å². The van der Waals surface area contributed by atoms with Crippen LogP contribution in [0.4, 0.5) is 0 Å². The summed E-state index contributed by atoms with van der Waals surface area (Å²) in [6, 6.07) is 31.3. The van der Waals surface area contributed by atoms with Gasteiger partial charge in [0.25, 0.3) is 0 Å². The number of benzene rings is 4. The molecule has 2 N–H and O–H groups in total. The minimum atomic E-state index is -0.414. The number of nitrogens with zero attached hydrogens (tertiary/aromatic N) is 4. The van der Waals surface area contributed by atoms with E-state index in [0.29, 0.717) is 43.4 Å². The lowest BCUT2D eigenvalue weighted by Gasteiger charge is -2.35. The van der Waals surface area contributed by atoms with Crippen LogP contribution in [0, 0.1) is 0 Å². The van der Waals surface area contributed by atoms with Gasteiger partial charge in [0.1, 0.15) is 23.9 Å². The van der Waals surface area contributed by atoms with Crippen LogP contribution in [0.2, 0.25) is 0 Å². The van der Waals surface area contributed by atoms with Crippen molar-refractivity contribution in [2.45, 2.75) is 56.3 Å². The summed E-state index contributed by atoms with van der Waals surface area (Å²) in [5.41, 5.74) is 6.83. The van der Waals surface area contributed by atoms with Gasteiger partial charge in [0.05, 0.1) is 23.7 Å². The molecule has 55 heavy (non-hydrogen) atoms. The van der Waals surface area contributed by atoms with Gasteiger partial charge in [-0.05, 0) is 103 Å². The van der Waals surface area contributed by atoms with Gasteiger partial charge in [0.15, 0.2) is 0 Å². The number of aromatic hydroxyl groups is 1. The highest BCUT2D eigenvalue weighted by Gasteiger charge is 2.33. The van der Waals surface area contributed by atoms with Gasteiger partial charge in [-0.25, -0.2) is 0 Å². The average molecular weight is 742 g/mol. The highest BCUT2D eigenvalue weighted by molar-refractivity contribution is 6.02. The molecule has 0 spiro atoms. The van der Waals surface area contributed by atoms with E-state index in [1.165, 1.54) is 22.3 Å². The van der Waals surface area contributed by atoms with Gasteiger partial charge in [-0.1, -0.05) is 48.5 Å². The predicted molar refractivity (Wildman–Crippen MR) is 213 cm³/mol. The van der Waals surface area contributed by atoms with E-state index in [0.717, 1.165) is 87.4 Å². The van der Waals surface area contributed by atoms with E-state index in [1.54, 1.807) is 4.68 Å². The highest BCUT2D eigenvalue weighted by Crippen LogP contribution is 2.47. The Kier molecular flexibility index (Phi) is 11.1. The number of carbonyl (C=O) groups excluding carboxylic acids is 2. The molecule has 10 heteroatoms. The lowest BCUT2D eigenvalue weighted by molar-refractivity contribution is -0.134. The number of aromatic nitrogens is 2. The van der Waals surface area contributed by atoms with Crippen molar-refractivity contribution < 1.29 is 24.2 Å². The Hall–Kier alpha value is -5.19. The molecule has 2 saturated heterocycles. The van der Waals surface area contributed by atoms with Crippen LogP contribution < -0.4 is 14.8 Å². The number of hydrogen-bond donors (Lipinski definition) is 2. The molecule has 3 heterocycles. The fraction of sp³-hybridized carbons (Fsp3) is 0.400. The molecule has 1 aromatic heterocycles. The van der Waals surface area contributed by atoms with Gasteiger partial charge in [-0.15, -0.1) is 0 Å². The zero-order chi connectivity index (χ0) is 37.7. The fourth-order valence-electron chi connectivity index (χ4n) is 8.77. The van der Waals surface area contributed by atoms with Crippen molar-refractivity contribution in [2.24, 2.45) is 7.05 Å². The highest BCUT2D eigenvalue weighted by atomic mass is 16.5. The van der Waals surface area contributed by atoms with E-state index in [2.05, 4.69) is 80.9 Å². The van der Waals surface area contributed by atoms with Crippen LogP contribution in [0.15, 0.2) is 91.0 Å². The molecule has 5 aromatic rings. The number of phenols is 1. The second-order valence-corrected chi connectivity index (χ2v) is 15.3. The first kappa shape index (κ1) is 36.8. The number of fused-ring (bicyclic) bond motifs is 2. The quantitative estimate of drug-likeness (QED) is 0.104. The van der Waals surface area contributed by atoms with Crippen molar-refractivity contribution in [3.63, 3.8) is 0 Å². The topological polar surface area (TPSA) is 109 Å². The first-order chi connectivity index (χ1) is 26.9. The standard InChI is InChI=1S/C45H51N5O5/c1-48-41-30-36(15-18-39(41)44(47-48)40-19-20-42(52)46-45(40)53)55-28-26-50-24-22-49(23-25-50)21-5-6-27-54-35-13-9-32(10-14-35)43-37(31-7-3-2-4-8-31)16-11-33-29-34(51)12-17-38(33)43/h2-4,7-10,12-15,17-18,29-30,37,40,43,51H,5-6,11,16,19-28H2,1H3,(H,46,52,53)/t37-,40?,43+/m1/s1. The molecule has 0 saturated carbocycles. The molecule has 3 atom stereocenters. The summed E-state index contributed by atoms with van der Waals surface area (Å²) in [5, 5.41) is 18.2. The summed E-state index contributed by atoms with van der Waals surface area (Å²) in [6.07, 6.45) is 4.95. The molecule has 2 fully saturated rings. The normalized spacial score (nSPS) is 20.6. The third kappa shape index (κ3) is 8.40. The lowest BCUT2D eigenvalue weighted by atomic mass is 9.69. The number of piperazine rings is 1. The summed E-state index contributed by atoms with van der Waals surface area (Å²) in [6.45, 7) is 7.43. The molecule has 1 aliphatic carbocycles. The first-order valence-electron chi connectivity index (χ1n) is 19.9. The minimum absolute atomic E-state index is 0.220. The van der Waals surface area contributed by atoms with E-state index in [4.69, 9.17) is 9.47 Å². The molecule has 2 aliphatic heterocycles. The number of ether oxygens (including phenoxy) is 2. The number of piperidine rings is 1. The van der Waals surface area contributed by atoms with Gasteiger partial charge >= 0.3 is 0 Å². The molecule has 0 radical (unpaired) electrons. The summed E-state index contributed by atoms with van der Waals surface area (Å²) in [5.74, 6) is 1.76. The summed E-state index contributed by atoms with van der Waals surface area (Å²) in [4.78, 5) is 29.1. The van der Waals surface area contributed by atoms with Gasteiger partial charge in [0.2, 0.25) is 11.8 Å². The number of amides is 2. The minimum Gasteiger partial charge on any atom is -0.508 e. The Bertz CT molecular complexity index is 2110. The molecule has 10 nitrogen and oxygen atoms in total. The maximum atomic E-state index is 12.5. The molecule has 1 unspecified atom stereocenters. The molecule has 286 valence electrons. The number of carbonyl (C=O) groups is 2. The Morgan fingerprint density at radius 2 is 1.51 bits per heavy atom. The van der Waals surface area contributed by atoms with Gasteiger partial charge in [-0.3, -0.25) is 24.5 Å². The lowest BCUT2D eigenvalue weighted by Crippen LogP contribution is -2.47. The van der Waals surface area contributed by atoms with Crippen LogP contribution in [0.1, 0.15) is 77.8 Å². The average Bonchev–Trinajstić information content (AvgIpc) is 3.53. The van der Waals surface area contributed by atoms with Crippen molar-refractivity contribution in [3.8, 4) is 17.2 Å². The smallest absolute Gasteiger partial charge is 0.235 e. The van der Waals surface area contributed by atoms with E-state index in [9.17, 15) is 14.7 Å². The Balaban J connectivity index is 0.751. The van der Waals surface area contributed by atoms with E-state index in [1.807, 2.05) is 37.4 Å². The molecule has 4 aromatic carbocycles. The second kappa shape index (κ2) is 16.7. The molecule has 0 bridgehead atoms. The van der Waals surface area contributed by atoms with Crippen molar-refractivity contribution in [2.75, 3.05) is 52.5 Å². The Morgan fingerprint density at radius 1 is 0.764 bits per heavy atom. The summed E-state index contributed by atoms with van der Waals surface area (Å²) in [7, 11) is 1.87. The molecule has 2 amide bonds. The van der Waals surface area contributed by atoms with Crippen LogP contribution in [-0.2, 0) is 23.1 Å². The summed E-state index contributed by atoms with van der Waals surface area (Å²) >= 11 is 0. The van der Waals surface area contributed by atoms with Crippen molar-refractivity contribution >= 4 is 22.7 Å². The monoisotopic (exact) mass is 741 g/mol. The number of unbranched alkanes of at least 4 members (excludes halogenated alkanes) is 1. The number of phenolic OH excluding ortho intramolecular Hbond substituents is 1. The van der Waals surface area contributed by atoms with Crippen molar-refractivity contribution in [1.82, 2.24) is 24.9 Å². The second-order valence-electron chi connectivity index (χ2n) is 15.3. The first-order valence-corrected chi connectivity index (χ1v) is 19.9. The van der Waals surface area contributed by atoms with E-state index in [-0.39, 0.29) is 17.7 Å². The number of imide groups is 1.